The van der Waals surface area contributed by atoms with E-state index in [1.165, 1.54) is 5.56 Å². The van der Waals surface area contributed by atoms with Gasteiger partial charge in [0.1, 0.15) is 0 Å². The van der Waals surface area contributed by atoms with Crippen LogP contribution in [0.3, 0.4) is 0 Å². The second kappa shape index (κ2) is 5.78. The minimum atomic E-state index is 0.191. The highest BCUT2D eigenvalue weighted by Gasteiger charge is 2.11. The number of ether oxygens (including phenoxy) is 1. The van der Waals surface area contributed by atoms with E-state index in [-0.39, 0.29) is 6.10 Å². The van der Waals surface area contributed by atoms with Crippen molar-refractivity contribution < 1.29 is 4.74 Å². The molecule has 0 aliphatic heterocycles. The second-order valence-corrected chi connectivity index (χ2v) is 3.62. The van der Waals surface area contributed by atoms with Crippen molar-refractivity contribution in [3.8, 4) is 0 Å². The Morgan fingerprint density at radius 1 is 1.21 bits per heavy atom. The monoisotopic (exact) mass is 193 g/mol. The largest absolute Gasteiger partial charge is 0.372 e. The van der Waals surface area contributed by atoms with Gasteiger partial charge in [0.05, 0.1) is 6.10 Å². The topological polar surface area (TPSA) is 12.5 Å². The quantitative estimate of drug-likeness (QED) is 0.711. The maximum absolute atomic E-state index is 5.70. The summed E-state index contributed by atoms with van der Waals surface area (Å²) in [6.07, 6.45) is 0.191. The zero-order valence-electron chi connectivity index (χ0n) is 9.23. The van der Waals surface area contributed by atoms with Crippen LogP contribution in [0.5, 0.6) is 0 Å². The Balaban J connectivity index is 2.67. The molecule has 1 aromatic carbocycles. The summed E-state index contributed by atoms with van der Waals surface area (Å²) >= 11 is 0. The van der Waals surface area contributed by atoms with Gasteiger partial charge in [-0.05, 0) is 26.6 Å². The molecule has 0 saturated carbocycles. The highest BCUT2D eigenvalue weighted by molar-refractivity contribution is 5.17. The average Bonchev–Trinajstić information content (AvgIpc) is 2.18. The Labute approximate surface area is 86.5 Å². The Hall–Kier alpha value is -0.860. The predicted octanol–water partition coefficient (Wildman–Crippen LogP) is 2.33. The SMILES string of the molecule is CCO[C@H](CN(C)C)c1ccccc1. The van der Waals surface area contributed by atoms with Crippen LogP contribution < -0.4 is 0 Å². The molecule has 0 saturated heterocycles. The summed E-state index contributed by atoms with van der Waals surface area (Å²) in [6, 6.07) is 10.4. The van der Waals surface area contributed by atoms with E-state index in [1.54, 1.807) is 0 Å². The van der Waals surface area contributed by atoms with Crippen LogP contribution in [0.1, 0.15) is 18.6 Å². The van der Waals surface area contributed by atoms with E-state index in [1.807, 2.05) is 13.0 Å². The molecule has 2 nitrogen and oxygen atoms in total. The molecule has 0 unspecified atom stereocenters. The van der Waals surface area contributed by atoms with Gasteiger partial charge in [-0.15, -0.1) is 0 Å². The van der Waals surface area contributed by atoms with Crippen molar-refractivity contribution in [1.82, 2.24) is 4.90 Å². The lowest BCUT2D eigenvalue weighted by Crippen LogP contribution is -2.22. The van der Waals surface area contributed by atoms with Gasteiger partial charge in [-0.1, -0.05) is 30.3 Å². The molecule has 1 aromatic rings. The molecule has 0 radical (unpaired) electrons. The lowest BCUT2D eigenvalue weighted by molar-refractivity contribution is 0.0434. The average molecular weight is 193 g/mol. The van der Waals surface area contributed by atoms with E-state index in [0.717, 1.165) is 13.2 Å². The van der Waals surface area contributed by atoms with Gasteiger partial charge < -0.3 is 9.64 Å². The first-order chi connectivity index (χ1) is 6.74. The van der Waals surface area contributed by atoms with Gasteiger partial charge in [-0.25, -0.2) is 0 Å². The van der Waals surface area contributed by atoms with Gasteiger partial charge in [0.15, 0.2) is 0 Å². The summed E-state index contributed by atoms with van der Waals surface area (Å²) in [5.74, 6) is 0. The van der Waals surface area contributed by atoms with Crippen LogP contribution in [0.2, 0.25) is 0 Å². The highest BCUT2D eigenvalue weighted by Crippen LogP contribution is 2.17. The van der Waals surface area contributed by atoms with Crippen LogP contribution >= 0.6 is 0 Å². The van der Waals surface area contributed by atoms with Crippen molar-refractivity contribution >= 4 is 0 Å². The Morgan fingerprint density at radius 3 is 2.36 bits per heavy atom. The molecule has 2 heteroatoms. The van der Waals surface area contributed by atoms with Gasteiger partial charge >= 0.3 is 0 Å². The first kappa shape index (κ1) is 11.2. The third-order valence-corrected chi connectivity index (χ3v) is 2.07. The minimum Gasteiger partial charge on any atom is -0.372 e. The molecule has 1 atom stereocenters. The van der Waals surface area contributed by atoms with Crippen LogP contribution in [-0.2, 0) is 4.74 Å². The summed E-state index contributed by atoms with van der Waals surface area (Å²) in [5.41, 5.74) is 1.25. The lowest BCUT2D eigenvalue weighted by atomic mass is 10.1. The maximum Gasteiger partial charge on any atom is 0.0951 e. The number of nitrogens with zero attached hydrogens (tertiary/aromatic N) is 1. The molecule has 78 valence electrons. The van der Waals surface area contributed by atoms with Crippen LogP contribution in [0.15, 0.2) is 30.3 Å². The fourth-order valence-corrected chi connectivity index (χ4v) is 1.45. The van der Waals surface area contributed by atoms with Crippen molar-refractivity contribution in [2.75, 3.05) is 27.2 Å². The zero-order valence-corrected chi connectivity index (χ0v) is 9.23. The Morgan fingerprint density at radius 2 is 1.86 bits per heavy atom. The molecule has 0 heterocycles. The fourth-order valence-electron chi connectivity index (χ4n) is 1.45. The molecule has 0 amide bonds. The van der Waals surface area contributed by atoms with Crippen molar-refractivity contribution in [2.24, 2.45) is 0 Å². The van der Waals surface area contributed by atoms with E-state index in [9.17, 15) is 0 Å². The van der Waals surface area contributed by atoms with E-state index in [4.69, 9.17) is 4.74 Å². The van der Waals surface area contributed by atoms with Crippen LogP contribution in [0, 0.1) is 0 Å². The fraction of sp³-hybridized carbons (Fsp3) is 0.500. The van der Waals surface area contributed by atoms with Crippen LogP contribution in [0.4, 0.5) is 0 Å². The molecule has 0 N–H and O–H groups in total. The van der Waals surface area contributed by atoms with Gasteiger partial charge in [0, 0.05) is 13.2 Å². The molecule has 0 spiro atoms. The first-order valence-electron chi connectivity index (χ1n) is 5.05. The molecule has 0 aromatic heterocycles. The predicted molar refractivity (Wildman–Crippen MR) is 59.4 cm³/mol. The van der Waals surface area contributed by atoms with E-state index < -0.39 is 0 Å². The van der Waals surface area contributed by atoms with Crippen molar-refractivity contribution in [1.29, 1.82) is 0 Å². The standard InChI is InChI=1S/C12H19NO/c1-4-14-12(10-13(2)3)11-8-6-5-7-9-11/h5-9,12H,4,10H2,1-3H3/t12-/m1/s1. The van der Waals surface area contributed by atoms with Gasteiger partial charge in [0.2, 0.25) is 0 Å². The molecular formula is C12H19NO. The van der Waals surface area contributed by atoms with Crippen molar-refractivity contribution in [2.45, 2.75) is 13.0 Å². The summed E-state index contributed by atoms with van der Waals surface area (Å²) < 4.78 is 5.70. The highest BCUT2D eigenvalue weighted by atomic mass is 16.5. The lowest BCUT2D eigenvalue weighted by Gasteiger charge is -2.21. The normalized spacial score (nSPS) is 13.1. The number of hydrogen-bond acceptors (Lipinski definition) is 2. The summed E-state index contributed by atoms with van der Waals surface area (Å²) in [7, 11) is 4.13. The molecule has 0 aliphatic carbocycles. The van der Waals surface area contributed by atoms with Gasteiger partial charge in [-0.3, -0.25) is 0 Å². The van der Waals surface area contributed by atoms with Crippen molar-refractivity contribution in [3.05, 3.63) is 35.9 Å². The van der Waals surface area contributed by atoms with E-state index >= 15 is 0 Å². The van der Waals surface area contributed by atoms with Crippen LogP contribution in [-0.4, -0.2) is 32.1 Å². The maximum atomic E-state index is 5.70. The minimum absolute atomic E-state index is 0.191. The molecule has 0 fully saturated rings. The van der Waals surface area contributed by atoms with E-state index in [2.05, 4.69) is 43.3 Å². The summed E-state index contributed by atoms with van der Waals surface area (Å²) in [5, 5.41) is 0. The number of benzene rings is 1. The Bertz CT molecular complexity index is 246. The summed E-state index contributed by atoms with van der Waals surface area (Å²) in [6.45, 7) is 3.72. The smallest absolute Gasteiger partial charge is 0.0951 e. The molecule has 0 aliphatic rings. The van der Waals surface area contributed by atoms with E-state index in [0.29, 0.717) is 0 Å². The third kappa shape index (κ3) is 3.48. The van der Waals surface area contributed by atoms with Crippen LogP contribution in [0.25, 0.3) is 0 Å². The Kier molecular flexibility index (Phi) is 4.63. The molecule has 1 rings (SSSR count). The second-order valence-electron chi connectivity index (χ2n) is 3.62. The number of likely N-dealkylation sites (N-methyl/N-ethyl adjacent to an activating group) is 1. The summed E-state index contributed by atoms with van der Waals surface area (Å²) in [4.78, 5) is 2.15. The zero-order chi connectivity index (χ0) is 10.4. The first-order valence-corrected chi connectivity index (χ1v) is 5.05. The number of hydrogen-bond donors (Lipinski definition) is 0. The van der Waals surface area contributed by atoms with Crippen molar-refractivity contribution in [3.63, 3.8) is 0 Å². The molecule has 0 bridgehead atoms. The molecule has 14 heavy (non-hydrogen) atoms. The number of rotatable bonds is 5. The third-order valence-electron chi connectivity index (χ3n) is 2.07. The van der Waals surface area contributed by atoms with Gasteiger partial charge in [0.25, 0.3) is 0 Å². The van der Waals surface area contributed by atoms with Gasteiger partial charge in [-0.2, -0.15) is 0 Å². The molecular weight excluding hydrogens is 174 g/mol.